The zero-order valence-corrected chi connectivity index (χ0v) is 13.8. The Kier molecular flexibility index (Phi) is 3.59. The lowest BCUT2D eigenvalue weighted by molar-refractivity contribution is 1.07. The van der Waals surface area contributed by atoms with E-state index in [0.29, 0.717) is 26.1 Å². The maximum absolute atomic E-state index is 12.7. The number of hydrogen-bond donors (Lipinski definition) is 1. The van der Waals surface area contributed by atoms with E-state index >= 15 is 0 Å². The third kappa shape index (κ3) is 2.61. The van der Waals surface area contributed by atoms with E-state index in [4.69, 9.17) is 11.6 Å². The highest BCUT2D eigenvalue weighted by molar-refractivity contribution is 9.10. The van der Waals surface area contributed by atoms with Crippen molar-refractivity contribution in [3.8, 4) is 11.3 Å². The van der Waals surface area contributed by atoms with Gasteiger partial charge < -0.3 is 0 Å². The number of fused-ring (bicyclic) bond motifs is 1. The summed E-state index contributed by atoms with van der Waals surface area (Å²) in [4.78, 5) is 12.7. The zero-order chi connectivity index (χ0) is 15.1. The summed E-state index contributed by atoms with van der Waals surface area (Å²) in [6.07, 6.45) is 0. The van der Waals surface area contributed by atoms with Gasteiger partial charge in [-0.3, -0.25) is 9.89 Å². The summed E-state index contributed by atoms with van der Waals surface area (Å²) in [6.45, 7) is 4.00. The molecule has 3 rings (SSSR count). The van der Waals surface area contributed by atoms with Crippen LogP contribution < -0.4 is 5.43 Å². The molecule has 0 saturated carbocycles. The number of rotatable bonds is 1. The van der Waals surface area contributed by atoms with Crippen LogP contribution >= 0.6 is 27.5 Å². The second-order valence-electron chi connectivity index (χ2n) is 5.09. The van der Waals surface area contributed by atoms with E-state index in [1.807, 2.05) is 26.0 Å². The van der Waals surface area contributed by atoms with Crippen LogP contribution in [0.15, 0.2) is 39.6 Å². The van der Waals surface area contributed by atoms with Gasteiger partial charge in [-0.25, -0.2) is 0 Å². The molecular formula is C16H12BrClN2O. The predicted molar refractivity (Wildman–Crippen MR) is 90.0 cm³/mol. The molecule has 0 aliphatic carbocycles. The Morgan fingerprint density at radius 1 is 1.10 bits per heavy atom. The zero-order valence-electron chi connectivity index (χ0n) is 11.5. The molecule has 0 amide bonds. The van der Waals surface area contributed by atoms with Crippen LogP contribution in [0.4, 0.5) is 0 Å². The summed E-state index contributed by atoms with van der Waals surface area (Å²) < 4.78 is 0.694. The first-order valence-corrected chi connectivity index (χ1v) is 7.59. The van der Waals surface area contributed by atoms with Gasteiger partial charge in [-0.05, 0) is 54.0 Å². The fraction of sp³-hybridized carbons (Fsp3) is 0.125. The number of nitrogens with one attached hydrogen (secondary N) is 1. The summed E-state index contributed by atoms with van der Waals surface area (Å²) >= 11 is 9.39. The molecule has 1 N–H and O–H groups in total. The number of nitrogens with zero attached hydrogens (tertiary/aromatic N) is 1. The van der Waals surface area contributed by atoms with E-state index in [0.717, 1.165) is 16.7 Å². The summed E-state index contributed by atoms with van der Waals surface area (Å²) in [5, 5.41) is 8.23. The monoisotopic (exact) mass is 362 g/mol. The number of H-pyrrole nitrogens is 1. The van der Waals surface area contributed by atoms with E-state index < -0.39 is 0 Å². The third-order valence-corrected chi connectivity index (χ3v) is 4.50. The molecule has 0 fully saturated rings. The van der Waals surface area contributed by atoms with Crippen molar-refractivity contribution in [3.63, 3.8) is 0 Å². The molecule has 0 aliphatic rings. The summed E-state index contributed by atoms with van der Waals surface area (Å²) in [5.41, 5.74) is 3.96. The molecule has 21 heavy (non-hydrogen) atoms. The van der Waals surface area contributed by atoms with Crippen LogP contribution in [0.1, 0.15) is 11.1 Å². The maximum Gasteiger partial charge on any atom is 0.215 e. The Morgan fingerprint density at radius 2 is 1.76 bits per heavy atom. The standard InChI is InChI=1S/C16H12BrClN2O/c1-8-3-9(2)5-10(4-8)15-16(21)11-6-12(17)13(18)7-14(11)19-20-15/h3-7H,1-2H3,(H,19,21). The topological polar surface area (TPSA) is 45.8 Å². The first kappa shape index (κ1) is 14.3. The van der Waals surface area contributed by atoms with E-state index in [2.05, 4.69) is 32.2 Å². The Morgan fingerprint density at radius 3 is 2.43 bits per heavy atom. The first-order valence-electron chi connectivity index (χ1n) is 6.42. The van der Waals surface area contributed by atoms with Gasteiger partial charge in [0.15, 0.2) is 0 Å². The predicted octanol–water partition coefficient (Wildman–Crippen LogP) is 4.62. The van der Waals surface area contributed by atoms with E-state index in [1.54, 1.807) is 12.1 Å². The Labute approximate surface area is 135 Å². The molecule has 0 unspecified atom stereocenters. The number of aromatic amines is 1. The Hall–Kier alpha value is -1.65. The second-order valence-corrected chi connectivity index (χ2v) is 6.35. The quantitative estimate of drug-likeness (QED) is 0.685. The van der Waals surface area contributed by atoms with Crippen molar-refractivity contribution in [1.82, 2.24) is 10.2 Å². The molecule has 0 atom stereocenters. The first-order chi connectivity index (χ1) is 9.95. The highest BCUT2D eigenvalue weighted by Crippen LogP contribution is 2.26. The number of benzene rings is 2. The van der Waals surface area contributed by atoms with E-state index in [1.165, 1.54) is 0 Å². The van der Waals surface area contributed by atoms with E-state index in [-0.39, 0.29) is 5.43 Å². The molecule has 0 saturated heterocycles. The number of aryl methyl sites for hydroxylation is 2. The van der Waals surface area contributed by atoms with Crippen LogP contribution in [0.3, 0.4) is 0 Å². The smallest absolute Gasteiger partial charge is 0.215 e. The van der Waals surface area contributed by atoms with Crippen molar-refractivity contribution >= 4 is 38.4 Å². The van der Waals surface area contributed by atoms with Crippen LogP contribution in [0.2, 0.25) is 5.02 Å². The van der Waals surface area contributed by atoms with Gasteiger partial charge in [0.25, 0.3) is 0 Å². The molecule has 5 heteroatoms. The van der Waals surface area contributed by atoms with E-state index in [9.17, 15) is 4.79 Å². The highest BCUT2D eigenvalue weighted by atomic mass is 79.9. The van der Waals surface area contributed by atoms with Crippen LogP contribution in [0.25, 0.3) is 22.2 Å². The SMILES string of the molecule is Cc1cc(C)cc(-c2n[nH]c3cc(Cl)c(Br)cc3c2=O)c1. The van der Waals surface area contributed by atoms with Gasteiger partial charge in [0.2, 0.25) is 5.43 Å². The van der Waals surface area contributed by atoms with Crippen LogP contribution in [0, 0.1) is 13.8 Å². The molecule has 0 bridgehead atoms. The molecule has 3 aromatic rings. The van der Waals surface area contributed by atoms with Gasteiger partial charge in [0.1, 0.15) is 5.69 Å². The molecule has 1 aromatic heterocycles. The fourth-order valence-corrected chi connectivity index (χ4v) is 2.94. The normalized spacial score (nSPS) is 11.0. The highest BCUT2D eigenvalue weighted by Gasteiger charge is 2.11. The Bertz CT molecular complexity index is 898. The molecule has 3 nitrogen and oxygen atoms in total. The molecule has 0 radical (unpaired) electrons. The molecular weight excluding hydrogens is 352 g/mol. The molecule has 0 aliphatic heterocycles. The number of hydrogen-bond acceptors (Lipinski definition) is 2. The van der Waals surface area contributed by atoms with Crippen LogP contribution in [-0.4, -0.2) is 10.2 Å². The second kappa shape index (κ2) is 5.28. The third-order valence-electron chi connectivity index (χ3n) is 3.30. The summed E-state index contributed by atoms with van der Waals surface area (Å²) in [5.74, 6) is 0. The lowest BCUT2D eigenvalue weighted by Crippen LogP contribution is -2.10. The maximum atomic E-state index is 12.7. The van der Waals surface area contributed by atoms with Crippen LogP contribution in [-0.2, 0) is 0 Å². The largest absolute Gasteiger partial charge is 0.287 e. The van der Waals surface area contributed by atoms with Crippen molar-refractivity contribution in [2.24, 2.45) is 0 Å². The van der Waals surface area contributed by atoms with Crippen LogP contribution in [0.5, 0.6) is 0 Å². The lowest BCUT2D eigenvalue weighted by Gasteiger charge is -2.06. The van der Waals surface area contributed by atoms with Crippen molar-refractivity contribution in [1.29, 1.82) is 0 Å². The van der Waals surface area contributed by atoms with Crippen molar-refractivity contribution in [3.05, 3.63) is 61.2 Å². The van der Waals surface area contributed by atoms with Gasteiger partial charge in [-0.15, -0.1) is 0 Å². The average Bonchev–Trinajstić information content (AvgIpc) is 2.40. The number of aromatic nitrogens is 2. The minimum Gasteiger partial charge on any atom is -0.287 e. The van der Waals surface area contributed by atoms with Crippen molar-refractivity contribution in [2.75, 3.05) is 0 Å². The average molecular weight is 364 g/mol. The molecule has 106 valence electrons. The number of halogens is 2. The fourth-order valence-electron chi connectivity index (χ4n) is 2.43. The van der Waals surface area contributed by atoms with Crippen molar-refractivity contribution < 1.29 is 0 Å². The molecule has 0 spiro atoms. The van der Waals surface area contributed by atoms with Gasteiger partial charge in [0, 0.05) is 10.0 Å². The van der Waals surface area contributed by atoms with Gasteiger partial charge >= 0.3 is 0 Å². The lowest BCUT2D eigenvalue weighted by atomic mass is 10.0. The van der Waals surface area contributed by atoms with Gasteiger partial charge in [0.05, 0.1) is 15.9 Å². The Balaban J connectivity index is 2.32. The van der Waals surface area contributed by atoms with Crippen molar-refractivity contribution in [2.45, 2.75) is 13.8 Å². The summed E-state index contributed by atoms with van der Waals surface area (Å²) in [7, 11) is 0. The summed E-state index contributed by atoms with van der Waals surface area (Å²) in [6, 6.07) is 9.41. The minimum absolute atomic E-state index is 0.105. The van der Waals surface area contributed by atoms with Gasteiger partial charge in [-0.2, -0.15) is 5.10 Å². The molecule has 2 aromatic carbocycles. The molecule has 1 heterocycles. The minimum atomic E-state index is -0.105. The van der Waals surface area contributed by atoms with Gasteiger partial charge in [-0.1, -0.05) is 28.8 Å².